The minimum absolute atomic E-state index is 0.147. The van der Waals surface area contributed by atoms with Gasteiger partial charge >= 0.3 is 0 Å². The van der Waals surface area contributed by atoms with E-state index in [-0.39, 0.29) is 6.04 Å². The molecule has 6 heteroatoms. The van der Waals surface area contributed by atoms with Crippen molar-refractivity contribution in [2.24, 2.45) is 5.92 Å². The van der Waals surface area contributed by atoms with Crippen LogP contribution in [-0.2, 0) is 16.6 Å². The normalized spacial score (nSPS) is 25.9. The van der Waals surface area contributed by atoms with Gasteiger partial charge in [-0.25, -0.2) is 13.1 Å². The van der Waals surface area contributed by atoms with Crippen molar-refractivity contribution in [1.29, 1.82) is 0 Å². The summed E-state index contributed by atoms with van der Waals surface area (Å²) < 4.78 is 28.0. The van der Waals surface area contributed by atoms with E-state index < -0.39 is 10.0 Å². The largest absolute Gasteiger partial charge is 0.309 e. The Morgan fingerprint density at radius 2 is 2.15 bits per heavy atom. The molecule has 20 heavy (non-hydrogen) atoms. The summed E-state index contributed by atoms with van der Waals surface area (Å²) in [7, 11) is -3.37. The summed E-state index contributed by atoms with van der Waals surface area (Å²) in [6.45, 7) is 4.66. The fourth-order valence-corrected chi connectivity index (χ4v) is 5.68. The van der Waals surface area contributed by atoms with Crippen molar-refractivity contribution in [1.82, 2.24) is 10.0 Å². The third-order valence-corrected chi connectivity index (χ3v) is 7.09. The molecule has 4 nitrogen and oxygen atoms in total. The van der Waals surface area contributed by atoms with Gasteiger partial charge in [-0.2, -0.15) is 0 Å². The number of hydrogen-bond acceptors (Lipinski definition) is 4. The zero-order valence-corrected chi connectivity index (χ0v) is 13.6. The molecule has 1 aromatic rings. The molecular weight excluding hydrogens is 292 g/mol. The Labute approximate surface area is 125 Å². The van der Waals surface area contributed by atoms with Gasteiger partial charge in [-0.3, -0.25) is 0 Å². The zero-order valence-electron chi connectivity index (χ0n) is 12.0. The van der Waals surface area contributed by atoms with E-state index in [9.17, 15) is 8.42 Å². The second-order valence-electron chi connectivity index (χ2n) is 5.96. The molecule has 2 atom stereocenters. The lowest BCUT2D eigenvalue weighted by Gasteiger charge is -2.09. The molecule has 2 unspecified atom stereocenters. The predicted molar refractivity (Wildman–Crippen MR) is 81.4 cm³/mol. The van der Waals surface area contributed by atoms with Crippen LogP contribution in [0.15, 0.2) is 10.3 Å². The van der Waals surface area contributed by atoms with Crippen LogP contribution >= 0.6 is 11.3 Å². The maximum Gasteiger partial charge on any atom is 0.242 e. The Hall–Kier alpha value is -0.430. The first kappa shape index (κ1) is 14.5. The highest BCUT2D eigenvalue weighted by molar-refractivity contribution is 7.89. The van der Waals surface area contributed by atoms with E-state index in [0.717, 1.165) is 23.3 Å². The average molecular weight is 314 g/mol. The standard InChI is InChI=1S/C14H22N2O2S2/c1-3-10-6-12(10)16-20(17,18)14-9(2)8-19-13(14)7-15-11-4-5-11/h8,10-12,15-16H,3-7H2,1-2H3. The van der Waals surface area contributed by atoms with Crippen LogP contribution in [0.25, 0.3) is 0 Å². The van der Waals surface area contributed by atoms with Gasteiger partial charge in [0.05, 0.1) is 0 Å². The van der Waals surface area contributed by atoms with Crippen LogP contribution in [0.5, 0.6) is 0 Å². The molecule has 112 valence electrons. The van der Waals surface area contributed by atoms with E-state index >= 15 is 0 Å². The number of aryl methyl sites for hydroxylation is 1. The van der Waals surface area contributed by atoms with Crippen molar-refractivity contribution >= 4 is 21.4 Å². The van der Waals surface area contributed by atoms with E-state index in [2.05, 4.69) is 17.0 Å². The van der Waals surface area contributed by atoms with Gasteiger partial charge in [0.15, 0.2) is 0 Å². The molecule has 0 radical (unpaired) electrons. The van der Waals surface area contributed by atoms with Crippen LogP contribution in [0.4, 0.5) is 0 Å². The Balaban J connectivity index is 1.75. The van der Waals surface area contributed by atoms with E-state index in [1.54, 1.807) is 11.3 Å². The van der Waals surface area contributed by atoms with Crippen LogP contribution in [0.2, 0.25) is 0 Å². The summed E-state index contributed by atoms with van der Waals surface area (Å²) >= 11 is 1.55. The first-order valence-corrected chi connectivity index (χ1v) is 9.70. The van der Waals surface area contributed by atoms with Crippen molar-refractivity contribution in [3.8, 4) is 0 Å². The highest BCUT2D eigenvalue weighted by atomic mass is 32.2. The van der Waals surface area contributed by atoms with Crippen LogP contribution < -0.4 is 10.0 Å². The third-order valence-electron chi connectivity index (χ3n) is 4.14. The Morgan fingerprint density at radius 1 is 1.40 bits per heavy atom. The van der Waals surface area contributed by atoms with E-state index in [0.29, 0.717) is 23.4 Å². The van der Waals surface area contributed by atoms with Gasteiger partial charge in [0, 0.05) is 23.5 Å². The Bertz CT molecular complexity index is 590. The highest BCUT2D eigenvalue weighted by Crippen LogP contribution is 2.36. The molecule has 3 rings (SSSR count). The van der Waals surface area contributed by atoms with Gasteiger partial charge < -0.3 is 5.32 Å². The van der Waals surface area contributed by atoms with Crippen molar-refractivity contribution in [3.63, 3.8) is 0 Å². The molecule has 0 amide bonds. The van der Waals surface area contributed by atoms with Gasteiger partial charge in [-0.15, -0.1) is 11.3 Å². The van der Waals surface area contributed by atoms with Gasteiger partial charge in [-0.05, 0) is 43.0 Å². The summed E-state index contributed by atoms with van der Waals surface area (Å²) in [5.74, 6) is 0.525. The molecule has 2 N–H and O–H groups in total. The van der Waals surface area contributed by atoms with Gasteiger partial charge in [0.25, 0.3) is 0 Å². The summed E-state index contributed by atoms with van der Waals surface area (Å²) in [5.41, 5.74) is 0.865. The quantitative estimate of drug-likeness (QED) is 0.812. The summed E-state index contributed by atoms with van der Waals surface area (Å²) in [5, 5.41) is 5.35. The number of nitrogens with one attached hydrogen (secondary N) is 2. The van der Waals surface area contributed by atoms with Crippen molar-refractivity contribution in [2.75, 3.05) is 0 Å². The maximum absolute atomic E-state index is 12.6. The molecule has 0 aliphatic heterocycles. The van der Waals surface area contributed by atoms with Gasteiger partial charge in [0.2, 0.25) is 10.0 Å². The minimum atomic E-state index is -3.37. The lowest BCUT2D eigenvalue weighted by atomic mass is 10.3. The SMILES string of the molecule is CCC1CC1NS(=O)(=O)c1c(C)csc1CNC1CC1. The fourth-order valence-electron chi connectivity index (χ4n) is 2.60. The molecule has 1 heterocycles. The first-order valence-electron chi connectivity index (χ1n) is 7.34. The van der Waals surface area contributed by atoms with E-state index in [1.165, 1.54) is 12.8 Å². The minimum Gasteiger partial charge on any atom is -0.309 e. The zero-order chi connectivity index (χ0) is 14.3. The third kappa shape index (κ3) is 3.08. The molecule has 2 aliphatic rings. The molecule has 0 aromatic carbocycles. The molecule has 1 aromatic heterocycles. The van der Waals surface area contributed by atoms with E-state index in [4.69, 9.17) is 0 Å². The average Bonchev–Trinajstić information content (AvgIpc) is 3.28. The Kier molecular flexibility index (Phi) is 3.92. The van der Waals surface area contributed by atoms with Crippen LogP contribution in [0.3, 0.4) is 0 Å². The number of sulfonamides is 1. The second-order valence-corrected chi connectivity index (χ2v) is 8.57. The number of thiophene rings is 1. The van der Waals surface area contributed by atoms with Crippen LogP contribution in [-0.4, -0.2) is 20.5 Å². The van der Waals surface area contributed by atoms with Crippen LogP contribution in [0.1, 0.15) is 43.0 Å². The topological polar surface area (TPSA) is 58.2 Å². The highest BCUT2D eigenvalue weighted by Gasteiger charge is 2.39. The monoisotopic (exact) mass is 314 g/mol. The number of hydrogen-bond donors (Lipinski definition) is 2. The van der Waals surface area contributed by atoms with Crippen molar-refractivity contribution < 1.29 is 8.42 Å². The van der Waals surface area contributed by atoms with Crippen molar-refractivity contribution in [3.05, 3.63) is 15.8 Å². The molecule has 2 saturated carbocycles. The second kappa shape index (κ2) is 5.40. The first-order chi connectivity index (χ1) is 9.51. The molecule has 2 aliphatic carbocycles. The smallest absolute Gasteiger partial charge is 0.242 e. The van der Waals surface area contributed by atoms with Gasteiger partial charge in [-0.1, -0.05) is 13.3 Å². The maximum atomic E-state index is 12.6. The fraction of sp³-hybridized carbons (Fsp3) is 0.714. The lowest BCUT2D eigenvalue weighted by molar-refractivity contribution is 0.573. The molecule has 0 bridgehead atoms. The van der Waals surface area contributed by atoms with Crippen molar-refractivity contribution in [2.45, 2.75) is 63.1 Å². The molecule has 0 saturated heterocycles. The number of rotatable bonds is 7. The van der Waals surface area contributed by atoms with Gasteiger partial charge in [0.1, 0.15) is 4.90 Å². The molecule has 2 fully saturated rings. The lowest BCUT2D eigenvalue weighted by Crippen LogP contribution is -2.28. The van der Waals surface area contributed by atoms with E-state index in [1.807, 2.05) is 12.3 Å². The molecule has 0 spiro atoms. The summed E-state index contributed by atoms with van der Waals surface area (Å²) in [6.07, 6.45) is 4.45. The molecular formula is C14H22N2O2S2. The predicted octanol–water partition coefficient (Wildman–Crippen LogP) is 2.39. The summed E-state index contributed by atoms with van der Waals surface area (Å²) in [4.78, 5) is 1.45. The van der Waals surface area contributed by atoms with Crippen LogP contribution in [0, 0.1) is 12.8 Å². The Morgan fingerprint density at radius 3 is 2.75 bits per heavy atom. The summed E-state index contributed by atoms with van der Waals surface area (Å²) in [6, 6.07) is 0.738.